The molecule has 1 heterocycles. The summed E-state index contributed by atoms with van der Waals surface area (Å²) in [6.45, 7) is 6.43. The number of rotatable bonds is 11. The van der Waals surface area contributed by atoms with Crippen molar-refractivity contribution in [3.8, 4) is 22.5 Å². The molecular formula is C34H37NO4. The first-order valence-electron chi connectivity index (χ1n) is 13.9. The molecule has 0 amide bonds. The van der Waals surface area contributed by atoms with Crippen LogP contribution in [-0.4, -0.2) is 29.4 Å². The first-order chi connectivity index (χ1) is 18.9. The predicted molar refractivity (Wildman–Crippen MR) is 153 cm³/mol. The molecule has 1 N–H and O–H groups in total. The zero-order chi connectivity index (χ0) is 27.5. The van der Waals surface area contributed by atoms with Gasteiger partial charge in [0.1, 0.15) is 0 Å². The fourth-order valence-corrected chi connectivity index (χ4v) is 5.50. The number of esters is 1. The van der Waals surface area contributed by atoms with E-state index in [2.05, 4.69) is 72.7 Å². The highest BCUT2D eigenvalue weighted by Gasteiger charge is 2.46. The first kappa shape index (κ1) is 26.9. The van der Waals surface area contributed by atoms with Crippen molar-refractivity contribution in [1.29, 1.82) is 0 Å². The van der Waals surface area contributed by atoms with Crippen molar-refractivity contribution in [2.75, 3.05) is 13.2 Å². The third kappa shape index (κ3) is 5.69. The van der Waals surface area contributed by atoms with Gasteiger partial charge < -0.3 is 14.4 Å². The van der Waals surface area contributed by atoms with Crippen LogP contribution in [0.4, 0.5) is 0 Å². The van der Waals surface area contributed by atoms with Gasteiger partial charge in [-0.15, -0.1) is 0 Å². The molecule has 5 nitrogen and oxygen atoms in total. The molecule has 5 rings (SSSR count). The van der Waals surface area contributed by atoms with Crippen LogP contribution in [0.1, 0.15) is 61.9 Å². The zero-order valence-electron chi connectivity index (χ0n) is 23.1. The molecule has 3 aromatic carbocycles. The Balaban J connectivity index is 1.30. The molecule has 1 aliphatic rings. The zero-order valence-corrected chi connectivity index (χ0v) is 23.1. The number of hydrogen-bond acceptors (Lipinski definition) is 5. The van der Waals surface area contributed by atoms with E-state index in [0.29, 0.717) is 13.0 Å². The van der Waals surface area contributed by atoms with E-state index < -0.39 is 0 Å². The molecule has 1 atom stereocenters. The molecule has 1 aromatic heterocycles. The van der Waals surface area contributed by atoms with E-state index in [1.807, 2.05) is 32.0 Å². The summed E-state index contributed by atoms with van der Waals surface area (Å²) < 4.78 is 11.0. The summed E-state index contributed by atoms with van der Waals surface area (Å²) in [4.78, 5) is 12.1. The fraction of sp³-hybridized carbons (Fsp3) is 0.353. The number of carbonyl (C=O) groups excluding carboxylic acids is 1. The van der Waals surface area contributed by atoms with Crippen LogP contribution in [0, 0.1) is 6.92 Å². The topological polar surface area (TPSA) is 72.6 Å². The van der Waals surface area contributed by atoms with Crippen LogP contribution in [0.25, 0.3) is 22.5 Å². The van der Waals surface area contributed by atoms with Crippen LogP contribution in [0.3, 0.4) is 0 Å². The van der Waals surface area contributed by atoms with Crippen LogP contribution in [0.2, 0.25) is 0 Å². The Bertz CT molecular complexity index is 1400. The van der Waals surface area contributed by atoms with Gasteiger partial charge in [0.25, 0.3) is 0 Å². The lowest BCUT2D eigenvalue weighted by molar-refractivity contribution is -0.143. The summed E-state index contributed by atoms with van der Waals surface area (Å²) in [5, 5.41) is 14.5. The highest BCUT2D eigenvalue weighted by molar-refractivity contribution is 5.73. The molecule has 0 aliphatic heterocycles. The number of aromatic nitrogens is 1. The lowest BCUT2D eigenvalue weighted by Crippen LogP contribution is -2.27. The van der Waals surface area contributed by atoms with Crippen LogP contribution >= 0.6 is 0 Å². The van der Waals surface area contributed by atoms with Gasteiger partial charge in [-0.05, 0) is 61.8 Å². The van der Waals surface area contributed by atoms with Gasteiger partial charge in [0.15, 0.2) is 5.76 Å². The third-order valence-electron chi connectivity index (χ3n) is 8.35. The summed E-state index contributed by atoms with van der Waals surface area (Å²) in [7, 11) is 0. The Labute approximate surface area is 230 Å². The molecule has 0 saturated heterocycles. The Hall–Kier alpha value is -3.70. The quantitative estimate of drug-likeness (QED) is 0.211. The van der Waals surface area contributed by atoms with Gasteiger partial charge in [-0.1, -0.05) is 90.9 Å². The van der Waals surface area contributed by atoms with Gasteiger partial charge in [0.05, 0.1) is 25.3 Å². The predicted octanol–water partition coefficient (Wildman–Crippen LogP) is 7.18. The largest absolute Gasteiger partial charge is 0.466 e. The smallest absolute Gasteiger partial charge is 0.306 e. The summed E-state index contributed by atoms with van der Waals surface area (Å²) >= 11 is 0. The minimum atomic E-state index is -0.340. The van der Waals surface area contributed by atoms with E-state index in [-0.39, 0.29) is 23.4 Å². The fourth-order valence-electron chi connectivity index (χ4n) is 5.50. The van der Waals surface area contributed by atoms with Crippen molar-refractivity contribution in [2.24, 2.45) is 0 Å². The van der Waals surface area contributed by atoms with Crippen LogP contribution in [-0.2, 0) is 26.8 Å². The van der Waals surface area contributed by atoms with Crippen molar-refractivity contribution < 1.29 is 19.2 Å². The first-order valence-corrected chi connectivity index (χ1v) is 13.9. The number of carbonyl (C=O) groups is 1. The van der Waals surface area contributed by atoms with Gasteiger partial charge in [-0.3, -0.25) is 4.79 Å². The van der Waals surface area contributed by atoms with E-state index in [0.717, 1.165) is 65.0 Å². The van der Waals surface area contributed by atoms with Crippen LogP contribution < -0.4 is 0 Å². The summed E-state index contributed by atoms with van der Waals surface area (Å²) in [6.07, 6.45) is 4.05. The number of aliphatic hydroxyl groups is 1. The molecular weight excluding hydrogens is 486 g/mol. The van der Waals surface area contributed by atoms with E-state index >= 15 is 0 Å². The Morgan fingerprint density at radius 2 is 1.59 bits per heavy atom. The maximum Gasteiger partial charge on any atom is 0.306 e. The molecule has 0 bridgehead atoms. The minimum Gasteiger partial charge on any atom is -0.466 e. The molecule has 4 aromatic rings. The average Bonchev–Trinajstić information content (AvgIpc) is 3.66. The van der Waals surface area contributed by atoms with Crippen LogP contribution in [0.5, 0.6) is 0 Å². The van der Waals surface area contributed by atoms with Gasteiger partial charge >= 0.3 is 5.97 Å². The van der Waals surface area contributed by atoms with Crippen molar-refractivity contribution >= 4 is 5.97 Å². The Morgan fingerprint density at radius 1 is 0.974 bits per heavy atom. The van der Waals surface area contributed by atoms with E-state index in [4.69, 9.17) is 9.26 Å². The molecule has 39 heavy (non-hydrogen) atoms. The van der Waals surface area contributed by atoms with Gasteiger partial charge in [-0.2, -0.15) is 0 Å². The van der Waals surface area contributed by atoms with Crippen LogP contribution in [0.15, 0.2) is 83.4 Å². The van der Waals surface area contributed by atoms with Crippen molar-refractivity contribution in [3.05, 3.63) is 101 Å². The Kier molecular flexibility index (Phi) is 7.72. The van der Waals surface area contributed by atoms with E-state index in [1.165, 1.54) is 5.56 Å². The maximum absolute atomic E-state index is 12.1. The molecule has 1 saturated carbocycles. The molecule has 202 valence electrons. The maximum atomic E-state index is 12.1. The number of aryl methyl sites for hydroxylation is 1. The molecule has 1 fully saturated rings. The van der Waals surface area contributed by atoms with Gasteiger partial charge in [-0.25, -0.2) is 0 Å². The average molecular weight is 524 g/mol. The van der Waals surface area contributed by atoms with Crippen molar-refractivity contribution in [3.63, 3.8) is 0 Å². The lowest BCUT2D eigenvalue weighted by Gasteiger charge is -2.28. The van der Waals surface area contributed by atoms with Gasteiger partial charge in [0, 0.05) is 22.0 Å². The molecule has 0 spiro atoms. The monoisotopic (exact) mass is 523 g/mol. The normalized spacial score (nSPS) is 15.5. The number of ether oxygens (including phenoxy) is 1. The molecule has 0 radical (unpaired) electrons. The summed E-state index contributed by atoms with van der Waals surface area (Å²) in [5.74, 6) is 0.676. The second-order valence-corrected chi connectivity index (χ2v) is 11.1. The standard InChI is InChI=1S/C34H37NO4/c1-4-38-31(37)22-34(20-21-34)29-16-14-26(15-17-29)25-10-12-27(13-11-25)32-30(24(2)35-39-32)18-19-33(3,23-36)28-8-6-5-7-9-28/h5-17,36H,4,18-23H2,1-3H3. The molecule has 1 aliphatic carbocycles. The number of benzene rings is 3. The van der Waals surface area contributed by atoms with Crippen molar-refractivity contribution in [2.45, 2.75) is 63.7 Å². The number of aliphatic hydroxyl groups excluding tert-OH is 1. The Morgan fingerprint density at radius 3 is 2.18 bits per heavy atom. The SMILES string of the molecule is CCOC(=O)CC1(c2ccc(-c3ccc(-c4onc(C)c4CCC(C)(CO)c4ccccc4)cc3)cc2)CC1. The number of nitrogens with zero attached hydrogens (tertiary/aromatic N) is 1. The second-order valence-electron chi connectivity index (χ2n) is 11.1. The summed E-state index contributed by atoms with van der Waals surface area (Å²) in [5.41, 5.74) is 7.16. The lowest BCUT2D eigenvalue weighted by atomic mass is 9.78. The van der Waals surface area contributed by atoms with E-state index in [1.54, 1.807) is 0 Å². The van der Waals surface area contributed by atoms with Gasteiger partial charge in [0.2, 0.25) is 0 Å². The van der Waals surface area contributed by atoms with Crippen molar-refractivity contribution in [1.82, 2.24) is 5.16 Å². The van der Waals surface area contributed by atoms with E-state index in [9.17, 15) is 9.90 Å². The molecule has 1 unspecified atom stereocenters. The summed E-state index contributed by atoms with van der Waals surface area (Å²) in [6, 6.07) is 27.1. The minimum absolute atomic E-state index is 0.0538. The highest BCUT2D eigenvalue weighted by Crippen LogP contribution is 2.51. The second kappa shape index (κ2) is 11.2. The molecule has 5 heteroatoms. The number of hydrogen-bond donors (Lipinski definition) is 1. The third-order valence-corrected chi connectivity index (χ3v) is 8.35. The highest BCUT2D eigenvalue weighted by atomic mass is 16.5.